The highest BCUT2D eigenvalue weighted by molar-refractivity contribution is 6.29. The van der Waals surface area contributed by atoms with Crippen LogP contribution in [0.25, 0.3) is 10.8 Å². The number of furan rings is 1. The smallest absolute Gasteiger partial charge is 0.249 e. The summed E-state index contributed by atoms with van der Waals surface area (Å²) in [7, 11) is 0. The number of nitrogens with zero attached hydrogens (tertiary/aromatic N) is 1. The molecule has 118 valence electrons. The Balaban J connectivity index is 1.87. The van der Waals surface area contributed by atoms with E-state index in [1.54, 1.807) is 18.2 Å². The third-order valence-corrected chi connectivity index (χ3v) is 3.72. The van der Waals surface area contributed by atoms with Gasteiger partial charge >= 0.3 is 0 Å². The molecule has 1 heterocycles. The summed E-state index contributed by atoms with van der Waals surface area (Å²) < 4.78 is 4.98. The first-order chi connectivity index (χ1) is 11.6. The van der Waals surface area contributed by atoms with E-state index in [9.17, 15) is 14.9 Å². The Labute approximate surface area is 142 Å². The molecule has 1 N–H and O–H groups in total. The normalized spacial score (nSPS) is 11.7. The Morgan fingerprint density at radius 2 is 1.83 bits per heavy atom. The van der Waals surface area contributed by atoms with Gasteiger partial charge in [-0.3, -0.25) is 9.59 Å². The van der Waals surface area contributed by atoms with Crippen molar-refractivity contribution in [1.29, 1.82) is 5.26 Å². The van der Waals surface area contributed by atoms with Crippen molar-refractivity contribution in [3.63, 3.8) is 0 Å². The van der Waals surface area contributed by atoms with Gasteiger partial charge in [-0.1, -0.05) is 36.4 Å². The molecule has 0 aliphatic carbocycles. The number of benzene rings is 2. The minimum Gasteiger partial charge on any atom is -0.442 e. The second-order valence-corrected chi connectivity index (χ2v) is 5.42. The van der Waals surface area contributed by atoms with E-state index in [0.29, 0.717) is 5.69 Å². The van der Waals surface area contributed by atoms with Gasteiger partial charge in [-0.05, 0) is 35.2 Å². The molecule has 2 aromatic carbocycles. The number of Topliss-reactive ketones (excluding diaryl/α,β-unsaturated/α-hetero) is 1. The van der Waals surface area contributed by atoms with Crippen LogP contribution in [0.4, 0.5) is 5.69 Å². The van der Waals surface area contributed by atoms with Crippen molar-refractivity contribution in [3.05, 3.63) is 65.6 Å². The fourth-order valence-electron chi connectivity index (χ4n) is 2.36. The van der Waals surface area contributed by atoms with E-state index in [0.717, 1.165) is 10.8 Å². The third kappa shape index (κ3) is 3.00. The first-order valence-electron chi connectivity index (χ1n) is 7.08. The highest BCUT2D eigenvalue weighted by atomic mass is 35.5. The topological polar surface area (TPSA) is 83.1 Å². The average molecular weight is 339 g/mol. The Morgan fingerprint density at radius 1 is 1.08 bits per heavy atom. The quantitative estimate of drug-likeness (QED) is 0.574. The SMILES string of the molecule is N#CC(C(=O)Nc1cccc2ccccc12)C(=O)c1ccc(Cl)o1. The second-order valence-electron chi connectivity index (χ2n) is 5.05. The molecule has 0 bridgehead atoms. The summed E-state index contributed by atoms with van der Waals surface area (Å²) in [6, 6.07) is 17.3. The zero-order valence-corrected chi connectivity index (χ0v) is 13.1. The van der Waals surface area contributed by atoms with E-state index < -0.39 is 17.6 Å². The number of hydrogen-bond acceptors (Lipinski definition) is 4. The molecule has 0 radical (unpaired) electrons. The molecule has 0 spiro atoms. The molecule has 0 saturated carbocycles. The van der Waals surface area contributed by atoms with E-state index in [1.165, 1.54) is 12.1 Å². The van der Waals surface area contributed by atoms with Gasteiger partial charge in [-0.15, -0.1) is 0 Å². The molecule has 1 unspecified atom stereocenters. The molecule has 3 aromatic rings. The van der Waals surface area contributed by atoms with E-state index >= 15 is 0 Å². The van der Waals surface area contributed by atoms with Gasteiger partial charge in [-0.25, -0.2) is 0 Å². The van der Waals surface area contributed by atoms with Crippen LogP contribution >= 0.6 is 11.6 Å². The number of rotatable bonds is 4. The van der Waals surface area contributed by atoms with Crippen molar-refractivity contribution in [1.82, 2.24) is 0 Å². The molecule has 1 atom stereocenters. The van der Waals surface area contributed by atoms with Crippen LogP contribution in [0.15, 0.2) is 59.0 Å². The van der Waals surface area contributed by atoms with Crippen molar-refractivity contribution in [2.45, 2.75) is 0 Å². The van der Waals surface area contributed by atoms with Gasteiger partial charge in [0.25, 0.3) is 0 Å². The summed E-state index contributed by atoms with van der Waals surface area (Å²) in [5.41, 5.74) is 0.531. The number of halogens is 1. The van der Waals surface area contributed by atoms with Gasteiger partial charge in [-0.2, -0.15) is 5.26 Å². The van der Waals surface area contributed by atoms with Crippen LogP contribution in [-0.2, 0) is 4.79 Å². The summed E-state index contributed by atoms with van der Waals surface area (Å²) in [6.45, 7) is 0. The van der Waals surface area contributed by atoms with Crippen LogP contribution in [0.1, 0.15) is 10.6 Å². The lowest BCUT2D eigenvalue weighted by molar-refractivity contribution is -0.117. The van der Waals surface area contributed by atoms with Crippen LogP contribution in [0, 0.1) is 17.2 Å². The fourth-order valence-corrected chi connectivity index (χ4v) is 2.51. The number of nitrogens with one attached hydrogen (secondary N) is 1. The van der Waals surface area contributed by atoms with Gasteiger partial charge < -0.3 is 9.73 Å². The Kier molecular flexibility index (Phi) is 4.32. The molecule has 3 rings (SSSR count). The minimum atomic E-state index is -1.52. The first kappa shape index (κ1) is 15.8. The summed E-state index contributed by atoms with van der Waals surface area (Å²) in [5, 5.41) is 13.6. The maximum atomic E-state index is 12.4. The van der Waals surface area contributed by atoms with Crippen LogP contribution < -0.4 is 5.32 Å². The maximum Gasteiger partial charge on any atom is 0.249 e. The van der Waals surface area contributed by atoms with Gasteiger partial charge in [0.05, 0.1) is 6.07 Å². The molecule has 0 fully saturated rings. The van der Waals surface area contributed by atoms with Gasteiger partial charge in [0.15, 0.2) is 16.9 Å². The fraction of sp³-hybridized carbons (Fsp3) is 0.0556. The number of hydrogen-bond donors (Lipinski definition) is 1. The standard InChI is InChI=1S/C18H11ClN2O3/c19-16-9-8-15(24-16)17(22)13(10-20)18(23)21-14-7-3-5-11-4-1-2-6-12(11)14/h1-9,13H,(H,21,23). The van der Waals surface area contributed by atoms with E-state index in [4.69, 9.17) is 16.0 Å². The molecule has 6 heteroatoms. The number of nitriles is 1. The molecule has 0 aliphatic heterocycles. The van der Waals surface area contributed by atoms with Gasteiger partial charge in [0.1, 0.15) is 0 Å². The lowest BCUT2D eigenvalue weighted by Crippen LogP contribution is -2.28. The molecule has 1 amide bonds. The second kappa shape index (κ2) is 6.57. The summed E-state index contributed by atoms with van der Waals surface area (Å²) in [5.74, 6) is -3.10. The maximum absolute atomic E-state index is 12.4. The van der Waals surface area contributed by atoms with E-state index in [2.05, 4.69) is 5.32 Å². The zero-order valence-electron chi connectivity index (χ0n) is 12.3. The molecule has 5 nitrogen and oxygen atoms in total. The Bertz CT molecular complexity index is 966. The molecule has 0 saturated heterocycles. The zero-order chi connectivity index (χ0) is 17.1. The van der Waals surface area contributed by atoms with Crippen LogP contribution in [0.5, 0.6) is 0 Å². The van der Waals surface area contributed by atoms with Crippen molar-refractivity contribution in [3.8, 4) is 6.07 Å². The number of ketones is 1. The molecule has 24 heavy (non-hydrogen) atoms. The Morgan fingerprint density at radius 3 is 2.54 bits per heavy atom. The van der Waals surface area contributed by atoms with Gasteiger partial charge in [0.2, 0.25) is 11.7 Å². The van der Waals surface area contributed by atoms with Crippen molar-refractivity contribution >= 4 is 39.8 Å². The summed E-state index contributed by atoms with van der Waals surface area (Å²) in [6.07, 6.45) is 0. The molecular weight excluding hydrogens is 328 g/mol. The van der Waals surface area contributed by atoms with Crippen molar-refractivity contribution < 1.29 is 14.0 Å². The number of anilines is 1. The average Bonchev–Trinajstić information content (AvgIpc) is 3.02. The number of fused-ring (bicyclic) bond motifs is 1. The predicted molar refractivity (Wildman–Crippen MR) is 89.7 cm³/mol. The molecule has 0 aliphatic rings. The highest BCUT2D eigenvalue weighted by Gasteiger charge is 2.30. The van der Waals surface area contributed by atoms with Crippen LogP contribution in [0.3, 0.4) is 0 Å². The highest BCUT2D eigenvalue weighted by Crippen LogP contribution is 2.24. The summed E-state index contributed by atoms with van der Waals surface area (Å²) >= 11 is 5.62. The van der Waals surface area contributed by atoms with E-state index in [1.807, 2.05) is 30.3 Å². The minimum absolute atomic E-state index is 0.0181. The lowest BCUT2D eigenvalue weighted by atomic mass is 10.0. The van der Waals surface area contributed by atoms with Gasteiger partial charge in [0, 0.05) is 11.1 Å². The van der Waals surface area contributed by atoms with Crippen molar-refractivity contribution in [2.24, 2.45) is 5.92 Å². The molecular formula is C18H11ClN2O3. The Hall–Kier alpha value is -3.10. The third-order valence-electron chi connectivity index (χ3n) is 3.52. The number of amides is 1. The number of carbonyl (C=O) groups excluding carboxylic acids is 2. The summed E-state index contributed by atoms with van der Waals surface area (Å²) in [4.78, 5) is 24.6. The lowest BCUT2D eigenvalue weighted by Gasteiger charge is -2.11. The predicted octanol–water partition coefficient (Wildman–Crippen LogP) is 4.05. The first-order valence-corrected chi connectivity index (χ1v) is 7.46. The largest absolute Gasteiger partial charge is 0.442 e. The molecule has 1 aromatic heterocycles. The van der Waals surface area contributed by atoms with Crippen LogP contribution in [0.2, 0.25) is 5.22 Å². The van der Waals surface area contributed by atoms with Crippen molar-refractivity contribution in [2.75, 3.05) is 5.32 Å². The monoisotopic (exact) mass is 338 g/mol. The van der Waals surface area contributed by atoms with E-state index in [-0.39, 0.29) is 11.0 Å². The number of carbonyl (C=O) groups is 2. The van der Waals surface area contributed by atoms with Crippen LogP contribution in [-0.4, -0.2) is 11.7 Å².